The third kappa shape index (κ3) is 4.03. The van der Waals surface area contributed by atoms with Crippen LogP contribution < -0.4 is 15.5 Å². The molecule has 0 saturated carbocycles. The zero-order valence-corrected chi connectivity index (χ0v) is 18.2. The highest BCUT2D eigenvalue weighted by atomic mass is 35.5. The summed E-state index contributed by atoms with van der Waals surface area (Å²) in [5.41, 5.74) is 10.4. The van der Waals surface area contributed by atoms with Crippen LogP contribution in [0.4, 0.5) is 17.2 Å². The number of benzene rings is 2. The average molecular weight is 444 g/mol. The maximum Gasteiger partial charge on any atom is 0.153 e. The summed E-state index contributed by atoms with van der Waals surface area (Å²) in [6.07, 6.45) is 0. The first kappa shape index (κ1) is 20.7. The first-order chi connectivity index (χ1) is 14.5. The Morgan fingerprint density at radius 1 is 1.00 bits per heavy atom. The maximum absolute atomic E-state index is 9.98. The molecular formula is C22H23Cl2N5O. The van der Waals surface area contributed by atoms with Crippen molar-refractivity contribution in [1.82, 2.24) is 9.97 Å². The first-order valence-electron chi connectivity index (χ1n) is 9.76. The molecule has 1 aromatic heterocycles. The summed E-state index contributed by atoms with van der Waals surface area (Å²) in [4.78, 5) is 14.0. The molecule has 0 radical (unpaired) electrons. The van der Waals surface area contributed by atoms with Crippen molar-refractivity contribution in [3.8, 4) is 11.3 Å². The number of rotatable bonds is 4. The number of aryl methyl sites for hydroxylation is 1. The molecule has 1 aliphatic rings. The van der Waals surface area contributed by atoms with Crippen LogP contribution in [-0.2, 0) is 6.61 Å². The molecule has 0 aliphatic carbocycles. The number of halogens is 2. The van der Waals surface area contributed by atoms with Crippen molar-refractivity contribution in [3.63, 3.8) is 0 Å². The number of hydrogen-bond donors (Lipinski definition) is 2. The van der Waals surface area contributed by atoms with Gasteiger partial charge in [-0.15, -0.1) is 0 Å². The van der Waals surface area contributed by atoms with Crippen molar-refractivity contribution >= 4 is 40.4 Å². The van der Waals surface area contributed by atoms with Gasteiger partial charge in [0, 0.05) is 43.1 Å². The van der Waals surface area contributed by atoms with E-state index in [-0.39, 0.29) is 6.61 Å². The number of aromatic nitrogens is 2. The number of aliphatic hydroxyl groups excluding tert-OH is 1. The molecule has 0 unspecified atom stereocenters. The van der Waals surface area contributed by atoms with Gasteiger partial charge in [0.2, 0.25) is 0 Å². The summed E-state index contributed by atoms with van der Waals surface area (Å²) in [5, 5.41) is 10.9. The molecule has 1 saturated heterocycles. The molecule has 0 atom stereocenters. The molecule has 1 fully saturated rings. The Morgan fingerprint density at radius 3 is 2.40 bits per heavy atom. The molecule has 0 amide bonds. The van der Waals surface area contributed by atoms with E-state index in [0.717, 1.165) is 43.2 Å². The van der Waals surface area contributed by atoms with Crippen molar-refractivity contribution in [1.29, 1.82) is 0 Å². The van der Waals surface area contributed by atoms with Crippen LogP contribution in [0.2, 0.25) is 10.0 Å². The van der Waals surface area contributed by atoms with Crippen molar-refractivity contribution in [2.75, 3.05) is 41.7 Å². The van der Waals surface area contributed by atoms with Crippen LogP contribution in [0.5, 0.6) is 0 Å². The number of nitrogen functional groups attached to an aromatic ring is 1. The molecule has 0 bridgehead atoms. The normalized spacial score (nSPS) is 14.3. The van der Waals surface area contributed by atoms with Gasteiger partial charge < -0.3 is 20.6 Å². The number of nitrogens with two attached hydrogens (primary N) is 1. The van der Waals surface area contributed by atoms with E-state index in [4.69, 9.17) is 38.9 Å². The Bertz CT molecular complexity index is 1070. The van der Waals surface area contributed by atoms with Crippen LogP contribution >= 0.6 is 23.2 Å². The van der Waals surface area contributed by atoms with E-state index >= 15 is 0 Å². The third-order valence-electron chi connectivity index (χ3n) is 5.29. The van der Waals surface area contributed by atoms with Gasteiger partial charge in [-0.05, 0) is 31.2 Å². The first-order valence-corrected chi connectivity index (χ1v) is 10.5. The summed E-state index contributed by atoms with van der Waals surface area (Å²) in [5.74, 6) is 0.712. The number of aliphatic hydroxyl groups is 1. The fourth-order valence-electron chi connectivity index (χ4n) is 3.74. The number of nitrogens with zero attached hydrogens (tertiary/aromatic N) is 4. The minimum Gasteiger partial charge on any atom is -0.399 e. The molecule has 2 aromatic carbocycles. The average Bonchev–Trinajstić information content (AvgIpc) is 2.76. The Labute approximate surface area is 185 Å². The molecule has 30 heavy (non-hydrogen) atoms. The molecule has 6 nitrogen and oxygen atoms in total. The lowest BCUT2D eigenvalue weighted by molar-refractivity contribution is 0.276. The largest absolute Gasteiger partial charge is 0.399 e. The zero-order valence-electron chi connectivity index (χ0n) is 16.6. The Balaban J connectivity index is 1.59. The number of anilines is 3. The summed E-state index contributed by atoms with van der Waals surface area (Å²) in [7, 11) is 0. The SMILES string of the molecule is Cc1nc(N2CCN(c3cccc(N)c3)CC2)c(CO)nc1-c1cccc(Cl)c1Cl. The van der Waals surface area contributed by atoms with Crippen molar-refractivity contribution < 1.29 is 5.11 Å². The Hall–Kier alpha value is -2.54. The summed E-state index contributed by atoms with van der Waals surface area (Å²) in [6.45, 7) is 4.89. The van der Waals surface area contributed by atoms with Crippen LogP contribution in [0.15, 0.2) is 42.5 Å². The van der Waals surface area contributed by atoms with Crippen LogP contribution in [0, 0.1) is 6.92 Å². The van der Waals surface area contributed by atoms with Gasteiger partial charge in [-0.3, -0.25) is 0 Å². The molecule has 3 aromatic rings. The molecule has 156 valence electrons. The second kappa shape index (κ2) is 8.68. The fraction of sp³-hybridized carbons (Fsp3) is 0.273. The van der Waals surface area contributed by atoms with Gasteiger partial charge in [-0.2, -0.15) is 0 Å². The van der Waals surface area contributed by atoms with E-state index in [2.05, 4.69) is 15.9 Å². The second-order valence-corrected chi connectivity index (χ2v) is 8.04. The van der Waals surface area contributed by atoms with E-state index in [9.17, 15) is 5.11 Å². The lowest BCUT2D eigenvalue weighted by Gasteiger charge is -2.37. The lowest BCUT2D eigenvalue weighted by atomic mass is 10.1. The highest BCUT2D eigenvalue weighted by Gasteiger charge is 2.23. The predicted octanol–water partition coefficient (Wildman–Crippen LogP) is 4.16. The van der Waals surface area contributed by atoms with E-state index in [1.807, 2.05) is 37.3 Å². The third-order valence-corrected chi connectivity index (χ3v) is 6.11. The van der Waals surface area contributed by atoms with E-state index in [1.165, 1.54) is 0 Å². The predicted molar refractivity (Wildman–Crippen MR) is 123 cm³/mol. The molecular weight excluding hydrogens is 421 g/mol. The number of hydrogen-bond acceptors (Lipinski definition) is 6. The van der Waals surface area contributed by atoms with Gasteiger partial charge in [0.15, 0.2) is 5.82 Å². The Kier molecular flexibility index (Phi) is 5.99. The summed E-state index contributed by atoms with van der Waals surface area (Å²) in [6, 6.07) is 13.3. The molecule has 1 aliphatic heterocycles. The van der Waals surface area contributed by atoms with Crippen molar-refractivity contribution in [3.05, 3.63) is 63.9 Å². The molecule has 3 N–H and O–H groups in total. The van der Waals surface area contributed by atoms with Gasteiger partial charge in [0.1, 0.15) is 5.69 Å². The summed E-state index contributed by atoms with van der Waals surface area (Å²) >= 11 is 12.5. The van der Waals surface area contributed by atoms with Crippen LogP contribution in [-0.4, -0.2) is 41.3 Å². The topological polar surface area (TPSA) is 78.5 Å². The van der Waals surface area contributed by atoms with E-state index in [1.54, 1.807) is 6.07 Å². The molecule has 2 heterocycles. The van der Waals surface area contributed by atoms with Gasteiger partial charge >= 0.3 is 0 Å². The minimum atomic E-state index is -0.205. The second-order valence-electron chi connectivity index (χ2n) is 7.26. The molecule has 8 heteroatoms. The van der Waals surface area contributed by atoms with Gasteiger partial charge in [0.25, 0.3) is 0 Å². The van der Waals surface area contributed by atoms with Crippen LogP contribution in [0.3, 0.4) is 0 Å². The maximum atomic E-state index is 9.98. The quantitative estimate of drug-likeness (QED) is 0.589. The van der Waals surface area contributed by atoms with E-state index < -0.39 is 0 Å². The monoisotopic (exact) mass is 443 g/mol. The summed E-state index contributed by atoms with van der Waals surface area (Å²) < 4.78 is 0. The van der Waals surface area contributed by atoms with Crippen LogP contribution in [0.1, 0.15) is 11.4 Å². The highest BCUT2D eigenvalue weighted by molar-refractivity contribution is 6.43. The van der Waals surface area contributed by atoms with Gasteiger partial charge in [-0.1, -0.05) is 41.4 Å². The molecule has 4 rings (SSSR count). The standard InChI is InChI=1S/C22H23Cl2N5O/c1-14-21(17-6-3-7-18(23)20(17)24)27-19(13-30)22(26-14)29-10-8-28(9-11-29)16-5-2-4-15(25)12-16/h2-7,12,30H,8-11,13,25H2,1H3. The minimum absolute atomic E-state index is 0.205. The molecule has 0 spiro atoms. The van der Waals surface area contributed by atoms with Crippen molar-refractivity contribution in [2.24, 2.45) is 0 Å². The smallest absolute Gasteiger partial charge is 0.153 e. The number of piperazine rings is 1. The lowest BCUT2D eigenvalue weighted by Crippen LogP contribution is -2.47. The zero-order chi connectivity index (χ0) is 21.3. The van der Waals surface area contributed by atoms with Gasteiger partial charge in [-0.25, -0.2) is 9.97 Å². The van der Waals surface area contributed by atoms with E-state index in [0.29, 0.717) is 32.8 Å². The van der Waals surface area contributed by atoms with Crippen LogP contribution in [0.25, 0.3) is 11.3 Å². The van der Waals surface area contributed by atoms with Gasteiger partial charge in [0.05, 0.1) is 28.0 Å². The Morgan fingerprint density at radius 2 is 1.70 bits per heavy atom. The highest BCUT2D eigenvalue weighted by Crippen LogP contribution is 2.35. The fourth-order valence-corrected chi connectivity index (χ4v) is 4.13. The van der Waals surface area contributed by atoms with Crippen molar-refractivity contribution in [2.45, 2.75) is 13.5 Å².